The standard InChI is InChI=1S/C26H36N2O2/c1-2-3-4-5-9-20-10-6-7-12-22-18-24(16-14-21(22)13-8-11-20)30-25-17-15-23(19-28-25)26(27)29/h14-20H,2-13H2,1H3,(H2,27,29). The van der Waals surface area contributed by atoms with Crippen molar-refractivity contribution in [2.24, 2.45) is 11.7 Å². The van der Waals surface area contributed by atoms with Gasteiger partial charge in [0.2, 0.25) is 11.8 Å². The second-order valence-electron chi connectivity index (χ2n) is 8.64. The monoisotopic (exact) mass is 408 g/mol. The molecule has 4 heteroatoms. The highest BCUT2D eigenvalue weighted by atomic mass is 16.5. The number of fused-ring (bicyclic) bond motifs is 1. The van der Waals surface area contributed by atoms with E-state index >= 15 is 0 Å². The molecule has 2 N–H and O–H groups in total. The number of benzene rings is 1. The van der Waals surface area contributed by atoms with Crippen LogP contribution in [0.2, 0.25) is 0 Å². The summed E-state index contributed by atoms with van der Waals surface area (Å²) in [6.45, 7) is 2.29. The smallest absolute Gasteiger partial charge is 0.250 e. The molecule has 0 bridgehead atoms. The van der Waals surface area contributed by atoms with Gasteiger partial charge in [0.25, 0.3) is 0 Å². The minimum Gasteiger partial charge on any atom is -0.439 e. The Bertz CT molecular complexity index is 801. The first kappa shape index (κ1) is 22.3. The number of unbranched alkanes of at least 4 members (excludes halogenated alkanes) is 3. The lowest BCUT2D eigenvalue weighted by molar-refractivity contribution is 0.1000. The number of hydrogen-bond donors (Lipinski definition) is 1. The number of amides is 1. The predicted octanol–water partition coefficient (Wildman–Crippen LogP) is 6.61. The van der Waals surface area contributed by atoms with Crippen LogP contribution in [-0.2, 0) is 12.8 Å². The van der Waals surface area contributed by atoms with E-state index in [1.165, 1.54) is 81.5 Å². The van der Waals surface area contributed by atoms with Crippen LogP contribution in [0.15, 0.2) is 36.5 Å². The molecular weight excluding hydrogens is 372 g/mol. The van der Waals surface area contributed by atoms with E-state index in [9.17, 15) is 4.79 Å². The van der Waals surface area contributed by atoms with Gasteiger partial charge in [-0.1, -0.05) is 64.4 Å². The van der Waals surface area contributed by atoms with E-state index in [2.05, 4.69) is 24.0 Å². The molecule has 1 unspecified atom stereocenters. The quantitative estimate of drug-likeness (QED) is 0.500. The van der Waals surface area contributed by atoms with Crippen molar-refractivity contribution in [1.29, 1.82) is 0 Å². The number of hydrogen-bond acceptors (Lipinski definition) is 3. The maximum absolute atomic E-state index is 11.2. The second-order valence-corrected chi connectivity index (χ2v) is 8.64. The average molecular weight is 409 g/mol. The van der Waals surface area contributed by atoms with Crippen molar-refractivity contribution >= 4 is 5.91 Å². The molecule has 1 amide bonds. The fraction of sp³-hybridized carbons (Fsp3) is 0.538. The highest BCUT2D eigenvalue weighted by Gasteiger charge is 2.13. The van der Waals surface area contributed by atoms with Crippen LogP contribution < -0.4 is 10.5 Å². The Labute approximate surface area is 181 Å². The maximum Gasteiger partial charge on any atom is 0.250 e. The third-order valence-corrected chi connectivity index (χ3v) is 6.25. The van der Waals surface area contributed by atoms with Gasteiger partial charge in [-0.2, -0.15) is 0 Å². The zero-order chi connectivity index (χ0) is 21.2. The molecule has 1 heterocycles. The molecule has 1 aliphatic carbocycles. The van der Waals surface area contributed by atoms with Crippen LogP contribution in [0.1, 0.15) is 92.6 Å². The second kappa shape index (κ2) is 11.7. The van der Waals surface area contributed by atoms with Crippen molar-refractivity contribution < 1.29 is 9.53 Å². The Morgan fingerprint density at radius 2 is 1.87 bits per heavy atom. The highest BCUT2D eigenvalue weighted by Crippen LogP contribution is 2.29. The normalized spacial score (nSPS) is 17.2. The Morgan fingerprint density at radius 1 is 1.03 bits per heavy atom. The molecule has 1 atom stereocenters. The zero-order valence-electron chi connectivity index (χ0n) is 18.4. The van der Waals surface area contributed by atoms with Crippen LogP contribution in [0.4, 0.5) is 0 Å². The number of pyridine rings is 1. The lowest BCUT2D eigenvalue weighted by atomic mass is 9.86. The number of carbonyl (C=O) groups is 1. The maximum atomic E-state index is 11.2. The van der Waals surface area contributed by atoms with E-state index in [1.807, 2.05) is 6.07 Å². The molecule has 1 aromatic heterocycles. The Hall–Kier alpha value is -2.36. The van der Waals surface area contributed by atoms with Gasteiger partial charge < -0.3 is 10.5 Å². The molecule has 1 aromatic carbocycles. The Morgan fingerprint density at radius 3 is 2.63 bits per heavy atom. The van der Waals surface area contributed by atoms with Crippen molar-refractivity contribution in [1.82, 2.24) is 4.98 Å². The number of carbonyl (C=O) groups excluding carboxylic acids is 1. The summed E-state index contributed by atoms with van der Waals surface area (Å²) in [4.78, 5) is 15.4. The van der Waals surface area contributed by atoms with Gasteiger partial charge >= 0.3 is 0 Å². The number of nitrogens with two attached hydrogens (primary N) is 1. The molecule has 0 saturated heterocycles. The first-order valence-corrected chi connectivity index (χ1v) is 11.7. The van der Waals surface area contributed by atoms with Crippen molar-refractivity contribution in [2.45, 2.75) is 84.0 Å². The molecular formula is C26H36N2O2. The fourth-order valence-corrected chi connectivity index (χ4v) is 4.47. The minimum absolute atomic E-state index is 0.386. The number of aryl methyl sites for hydroxylation is 2. The number of aromatic nitrogens is 1. The first-order chi connectivity index (χ1) is 14.7. The molecule has 162 valence electrons. The van der Waals surface area contributed by atoms with Gasteiger partial charge in [-0.25, -0.2) is 4.98 Å². The molecule has 4 nitrogen and oxygen atoms in total. The van der Waals surface area contributed by atoms with Gasteiger partial charge in [0.1, 0.15) is 5.75 Å². The Balaban J connectivity index is 1.58. The Kier molecular flexibility index (Phi) is 8.73. The number of rotatable bonds is 8. The summed E-state index contributed by atoms with van der Waals surface area (Å²) in [7, 11) is 0. The third kappa shape index (κ3) is 6.86. The van der Waals surface area contributed by atoms with Crippen LogP contribution in [-0.4, -0.2) is 10.9 Å². The van der Waals surface area contributed by atoms with Crippen molar-refractivity contribution in [3.05, 3.63) is 53.2 Å². The summed E-state index contributed by atoms with van der Waals surface area (Å²) in [6, 6.07) is 9.76. The molecule has 0 radical (unpaired) electrons. The number of nitrogens with zero attached hydrogens (tertiary/aromatic N) is 1. The van der Waals surface area contributed by atoms with Gasteiger partial charge in [-0.05, 0) is 60.9 Å². The fourth-order valence-electron chi connectivity index (χ4n) is 4.47. The van der Waals surface area contributed by atoms with E-state index in [-0.39, 0.29) is 0 Å². The largest absolute Gasteiger partial charge is 0.439 e. The topological polar surface area (TPSA) is 65.2 Å². The van der Waals surface area contributed by atoms with Crippen molar-refractivity contribution in [3.63, 3.8) is 0 Å². The number of ether oxygens (including phenoxy) is 1. The molecule has 2 aromatic rings. The summed E-state index contributed by atoms with van der Waals surface area (Å²) in [6.07, 6.45) is 17.2. The third-order valence-electron chi connectivity index (χ3n) is 6.25. The lowest BCUT2D eigenvalue weighted by Gasteiger charge is -2.20. The zero-order valence-corrected chi connectivity index (χ0v) is 18.4. The SMILES string of the molecule is CCCCCCC1CCCCc2cc(Oc3ccc(C(N)=O)cn3)ccc2CCC1. The van der Waals surface area contributed by atoms with Gasteiger partial charge in [0.05, 0.1) is 5.56 Å². The van der Waals surface area contributed by atoms with Gasteiger partial charge in [0.15, 0.2) is 0 Å². The molecule has 0 aliphatic heterocycles. The van der Waals surface area contributed by atoms with Crippen LogP contribution in [0.25, 0.3) is 0 Å². The summed E-state index contributed by atoms with van der Waals surface area (Å²) in [5.74, 6) is 1.72. The first-order valence-electron chi connectivity index (χ1n) is 11.7. The van der Waals surface area contributed by atoms with E-state index in [0.29, 0.717) is 11.4 Å². The molecule has 1 aliphatic rings. The van der Waals surface area contributed by atoms with Crippen LogP contribution in [0, 0.1) is 5.92 Å². The summed E-state index contributed by atoms with van der Waals surface area (Å²) < 4.78 is 5.93. The van der Waals surface area contributed by atoms with Crippen molar-refractivity contribution in [2.75, 3.05) is 0 Å². The molecule has 0 saturated carbocycles. The lowest BCUT2D eigenvalue weighted by Crippen LogP contribution is -2.10. The van der Waals surface area contributed by atoms with Crippen molar-refractivity contribution in [3.8, 4) is 11.6 Å². The number of primary amides is 1. The summed E-state index contributed by atoms with van der Waals surface area (Å²) >= 11 is 0. The summed E-state index contributed by atoms with van der Waals surface area (Å²) in [5, 5.41) is 0. The molecule has 0 spiro atoms. The highest BCUT2D eigenvalue weighted by molar-refractivity contribution is 5.92. The van der Waals surface area contributed by atoms with E-state index in [4.69, 9.17) is 10.5 Å². The average Bonchev–Trinajstić information content (AvgIpc) is 2.75. The van der Waals surface area contributed by atoms with Crippen LogP contribution in [0.5, 0.6) is 11.6 Å². The molecule has 0 fully saturated rings. The van der Waals surface area contributed by atoms with Gasteiger partial charge in [-0.3, -0.25) is 4.79 Å². The van der Waals surface area contributed by atoms with Crippen LogP contribution >= 0.6 is 0 Å². The molecule has 3 rings (SSSR count). The van der Waals surface area contributed by atoms with E-state index in [1.54, 1.807) is 12.1 Å². The van der Waals surface area contributed by atoms with Gasteiger partial charge in [0, 0.05) is 12.3 Å². The molecule has 30 heavy (non-hydrogen) atoms. The summed E-state index contributed by atoms with van der Waals surface area (Å²) in [5.41, 5.74) is 8.52. The van der Waals surface area contributed by atoms with E-state index < -0.39 is 5.91 Å². The van der Waals surface area contributed by atoms with Gasteiger partial charge in [-0.15, -0.1) is 0 Å². The minimum atomic E-state index is -0.481. The van der Waals surface area contributed by atoms with Crippen LogP contribution in [0.3, 0.4) is 0 Å². The van der Waals surface area contributed by atoms with E-state index in [0.717, 1.165) is 24.5 Å². The predicted molar refractivity (Wildman–Crippen MR) is 122 cm³/mol.